The van der Waals surface area contributed by atoms with Crippen molar-refractivity contribution in [2.45, 2.75) is 30.1 Å². The van der Waals surface area contributed by atoms with Crippen molar-refractivity contribution in [1.82, 2.24) is 29.9 Å². The molecular weight excluding hydrogens is 472 g/mol. The second-order valence-corrected chi connectivity index (χ2v) is 8.43. The number of anilines is 3. The van der Waals surface area contributed by atoms with E-state index in [4.69, 9.17) is 15.9 Å². The largest absolute Gasteiger partial charge is 0.481 e. The maximum Gasteiger partial charge on any atom is 0.304 e. The lowest BCUT2D eigenvalue weighted by Crippen LogP contribution is -2.19. The first-order valence-electron chi connectivity index (χ1n) is 9.95. The smallest absolute Gasteiger partial charge is 0.304 e. The van der Waals surface area contributed by atoms with Crippen LogP contribution in [0.1, 0.15) is 18.7 Å². The SMILES string of the molecule is Cc1nc(NCCNc2nc(NCCN)nc(SCCC(=O)O)n2)nc(SCCC(=O)O)n1. The van der Waals surface area contributed by atoms with Crippen LogP contribution < -0.4 is 21.7 Å². The maximum atomic E-state index is 10.7. The molecule has 0 aromatic carbocycles. The quantitative estimate of drug-likeness (QED) is 0.136. The summed E-state index contributed by atoms with van der Waals surface area (Å²) in [5, 5.41) is 27.5. The highest BCUT2D eigenvalue weighted by Gasteiger charge is 2.09. The molecule has 0 aliphatic carbocycles. The van der Waals surface area contributed by atoms with E-state index in [-0.39, 0.29) is 12.8 Å². The standard InChI is InChI=1S/C17H26N10O4S2/c1-10-22-13(25-16(23-10)32-8-2-11(28)29)20-6-7-21-15-24-14(19-5-4-18)26-17(27-15)33-9-3-12(30)31/h2-9,18H2,1H3,(H,28,29)(H,30,31)(H,20,22,23,25)(H2,19,21,24,26,27). The van der Waals surface area contributed by atoms with Gasteiger partial charge in [0.2, 0.25) is 17.8 Å². The van der Waals surface area contributed by atoms with E-state index in [1.54, 1.807) is 6.92 Å². The minimum atomic E-state index is -0.889. The van der Waals surface area contributed by atoms with Crippen molar-refractivity contribution >= 4 is 53.3 Å². The third-order valence-electron chi connectivity index (χ3n) is 3.55. The Morgan fingerprint density at radius 1 is 0.758 bits per heavy atom. The summed E-state index contributed by atoms with van der Waals surface area (Å²) in [7, 11) is 0. The van der Waals surface area contributed by atoms with Gasteiger partial charge in [-0.3, -0.25) is 9.59 Å². The summed E-state index contributed by atoms with van der Waals surface area (Å²) in [6, 6.07) is 0. The number of hydrogen-bond donors (Lipinski definition) is 6. The van der Waals surface area contributed by atoms with Gasteiger partial charge in [0.05, 0.1) is 12.8 Å². The van der Waals surface area contributed by atoms with Crippen molar-refractivity contribution in [1.29, 1.82) is 0 Å². The summed E-state index contributed by atoms with van der Waals surface area (Å²) < 4.78 is 0. The molecule has 2 heterocycles. The van der Waals surface area contributed by atoms with Crippen LogP contribution in [0.4, 0.5) is 17.8 Å². The molecule has 0 bridgehead atoms. The molecule has 0 unspecified atom stereocenters. The Bertz CT molecular complexity index is 937. The average Bonchev–Trinajstić information content (AvgIpc) is 2.74. The molecule has 0 aliphatic heterocycles. The van der Waals surface area contributed by atoms with E-state index in [0.29, 0.717) is 71.7 Å². The highest BCUT2D eigenvalue weighted by molar-refractivity contribution is 7.99. The second-order valence-electron chi connectivity index (χ2n) is 6.31. The molecule has 2 rings (SSSR count). The Balaban J connectivity index is 1.91. The van der Waals surface area contributed by atoms with Crippen LogP contribution in [-0.2, 0) is 9.59 Å². The van der Waals surface area contributed by atoms with E-state index in [1.165, 1.54) is 23.5 Å². The van der Waals surface area contributed by atoms with Crippen LogP contribution in [0.2, 0.25) is 0 Å². The van der Waals surface area contributed by atoms with Gasteiger partial charge in [-0.15, -0.1) is 0 Å². The van der Waals surface area contributed by atoms with Crippen molar-refractivity contribution in [3.63, 3.8) is 0 Å². The Hall–Kier alpha value is -2.98. The number of carbonyl (C=O) groups is 2. The van der Waals surface area contributed by atoms with Crippen LogP contribution in [0, 0.1) is 6.92 Å². The number of rotatable bonds is 16. The molecule has 2 aromatic rings. The summed E-state index contributed by atoms with van der Waals surface area (Å²) in [6.07, 6.45) is 0.0171. The number of aliphatic carboxylic acids is 2. The molecule has 0 spiro atoms. The molecule has 0 radical (unpaired) electrons. The zero-order valence-electron chi connectivity index (χ0n) is 17.9. The van der Waals surface area contributed by atoms with Gasteiger partial charge in [0.25, 0.3) is 0 Å². The van der Waals surface area contributed by atoms with Crippen LogP contribution in [0.25, 0.3) is 0 Å². The third kappa shape index (κ3) is 10.9. The number of thioether (sulfide) groups is 2. The van der Waals surface area contributed by atoms with Gasteiger partial charge in [-0.25, -0.2) is 4.98 Å². The number of carboxylic acids is 2. The van der Waals surface area contributed by atoms with Crippen molar-refractivity contribution in [2.75, 3.05) is 53.6 Å². The number of hydrogen-bond acceptors (Lipinski definition) is 14. The normalized spacial score (nSPS) is 10.6. The molecule has 0 fully saturated rings. The summed E-state index contributed by atoms with van der Waals surface area (Å²) in [4.78, 5) is 46.9. The molecule has 0 aliphatic rings. The summed E-state index contributed by atoms with van der Waals surface area (Å²) in [5.41, 5.74) is 5.51. The van der Waals surface area contributed by atoms with E-state index < -0.39 is 11.9 Å². The average molecular weight is 499 g/mol. The molecular formula is C17H26N10O4S2. The number of nitrogens with one attached hydrogen (secondary N) is 3. The first kappa shape index (κ1) is 26.3. The van der Waals surface area contributed by atoms with E-state index in [1.807, 2.05) is 0 Å². The maximum absolute atomic E-state index is 10.7. The van der Waals surface area contributed by atoms with Gasteiger partial charge in [-0.1, -0.05) is 23.5 Å². The molecule has 2 aromatic heterocycles. The second kappa shape index (κ2) is 14.2. The number of aryl methyl sites for hydroxylation is 1. The lowest BCUT2D eigenvalue weighted by molar-refractivity contribution is -0.137. The lowest BCUT2D eigenvalue weighted by Gasteiger charge is -2.10. The van der Waals surface area contributed by atoms with Crippen molar-refractivity contribution in [2.24, 2.45) is 5.73 Å². The predicted molar refractivity (Wildman–Crippen MR) is 125 cm³/mol. The first-order valence-corrected chi connectivity index (χ1v) is 11.9. The van der Waals surface area contributed by atoms with E-state index in [0.717, 1.165) is 0 Å². The Labute approximate surface area is 198 Å². The molecule has 33 heavy (non-hydrogen) atoms. The van der Waals surface area contributed by atoms with Crippen LogP contribution in [0.3, 0.4) is 0 Å². The highest BCUT2D eigenvalue weighted by atomic mass is 32.2. The van der Waals surface area contributed by atoms with Crippen LogP contribution in [0.15, 0.2) is 10.3 Å². The van der Waals surface area contributed by atoms with Crippen LogP contribution in [0.5, 0.6) is 0 Å². The number of aromatic nitrogens is 6. The van der Waals surface area contributed by atoms with Crippen molar-refractivity contribution < 1.29 is 19.8 Å². The fourth-order valence-electron chi connectivity index (χ4n) is 2.17. The number of carboxylic acid groups (broad SMARTS) is 2. The zero-order valence-corrected chi connectivity index (χ0v) is 19.6. The van der Waals surface area contributed by atoms with Gasteiger partial charge in [-0.05, 0) is 6.92 Å². The minimum absolute atomic E-state index is 0.00345. The lowest BCUT2D eigenvalue weighted by atomic mass is 10.5. The van der Waals surface area contributed by atoms with Gasteiger partial charge in [0, 0.05) is 37.7 Å². The van der Waals surface area contributed by atoms with Gasteiger partial charge in [-0.2, -0.15) is 24.9 Å². The topological polar surface area (TPSA) is 214 Å². The zero-order chi connectivity index (χ0) is 24.1. The number of nitrogens with zero attached hydrogens (tertiary/aromatic N) is 6. The summed E-state index contributed by atoms with van der Waals surface area (Å²) in [5.74, 6) is 0.526. The molecule has 180 valence electrons. The van der Waals surface area contributed by atoms with Gasteiger partial charge in [0.1, 0.15) is 5.82 Å². The molecule has 0 saturated carbocycles. The fraction of sp³-hybridized carbons (Fsp3) is 0.529. The van der Waals surface area contributed by atoms with Crippen LogP contribution in [-0.4, -0.2) is 89.7 Å². The van der Waals surface area contributed by atoms with Gasteiger partial charge >= 0.3 is 11.9 Å². The number of nitrogens with two attached hydrogens (primary N) is 1. The fourth-order valence-corrected chi connectivity index (χ4v) is 3.74. The van der Waals surface area contributed by atoms with Crippen molar-refractivity contribution in [3.05, 3.63) is 5.82 Å². The van der Waals surface area contributed by atoms with E-state index in [9.17, 15) is 9.59 Å². The van der Waals surface area contributed by atoms with E-state index in [2.05, 4.69) is 45.9 Å². The molecule has 0 saturated heterocycles. The molecule has 14 nitrogen and oxygen atoms in total. The van der Waals surface area contributed by atoms with Crippen LogP contribution >= 0.6 is 23.5 Å². The van der Waals surface area contributed by atoms with E-state index >= 15 is 0 Å². The van der Waals surface area contributed by atoms with Crippen molar-refractivity contribution in [3.8, 4) is 0 Å². The molecule has 16 heteroatoms. The first-order chi connectivity index (χ1) is 15.9. The summed E-state index contributed by atoms with van der Waals surface area (Å²) >= 11 is 2.47. The Morgan fingerprint density at radius 2 is 1.21 bits per heavy atom. The van der Waals surface area contributed by atoms with Gasteiger partial charge < -0.3 is 31.9 Å². The molecule has 0 amide bonds. The predicted octanol–water partition coefficient (Wildman–Crippen LogP) is 0.393. The highest BCUT2D eigenvalue weighted by Crippen LogP contribution is 2.18. The third-order valence-corrected chi connectivity index (χ3v) is 5.25. The Morgan fingerprint density at radius 3 is 1.70 bits per heavy atom. The molecule has 0 atom stereocenters. The minimum Gasteiger partial charge on any atom is -0.481 e. The Kier molecular flexibility index (Phi) is 11.3. The van der Waals surface area contributed by atoms with Gasteiger partial charge in [0.15, 0.2) is 10.3 Å². The monoisotopic (exact) mass is 498 g/mol. The summed E-state index contributed by atoms with van der Waals surface area (Å²) in [6.45, 7) is 3.50. The molecule has 7 N–H and O–H groups in total.